The fourth-order valence-electron chi connectivity index (χ4n) is 1.50. The zero-order valence-electron chi connectivity index (χ0n) is 8.77. The van der Waals surface area contributed by atoms with Crippen LogP contribution in [0.15, 0.2) is 21.7 Å². The summed E-state index contributed by atoms with van der Waals surface area (Å²) in [4.78, 5) is 22.4. The maximum atomic E-state index is 11.4. The summed E-state index contributed by atoms with van der Waals surface area (Å²) in [5.41, 5.74) is -0.415. The third-order valence-corrected chi connectivity index (χ3v) is 2.80. The van der Waals surface area contributed by atoms with Gasteiger partial charge in [-0.05, 0) is 18.1 Å². The normalized spacial score (nSPS) is 12.7. The third-order valence-electron chi connectivity index (χ3n) is 2.28. The Morgan fingerprint density at radius 2 is 2.20 bits per heavy atom. The molecule has 1 N–H and O–H groups in total. The van der Waals surface area contributed by atoms with E-state index in [9.17, 15) is 9.59 Å². The van der Waals surface area contributed by atoms with Crippen molar-refractivity contribution in [2.75, 3.05) is 5.75 Å². The van der Waals surface area contributed by atoms with Crippen LogP contribution in [0.2, 0.25) is 0 Å². The zero-order valence-corrected chi connectivity index (χ0v) is 9.67. The van der Waals surface area contributed by atoms with Gasteiger partial charge in [0.15, 0.2) is 0 Å². The minimum absolute atomic E-state index is 0.169. The highest BCUT2D eigenvalue weighted by Crippen LogP contribution is 2.09. The third kappa shape index (κ3) is 3.58. The number of thiol groups is 1. The largest absolute Gasteiger partial charge is 0.268 e. The Balaban J connectivity index is 2.82. The fourth-order valence-corrected chi connectivity index (χ4v) is 1.80. The summed E-state index contributed by atoms with van der Waals surface area (Å²) in [6.07, 6.45) is 2.06. The van der Waals surface area contributed by atoms with Crippen molar-refractivity contribution in [2.45, 2.75) is 26.3 Å². The second-order valence-electron chi connectivity index (χ2n) is 3.60. The van der Waals surface area contributed by atoms with Crippen molar-refractivity contribution in [1.82, 2.24) is 9.78 Å². The number of aromatic nitrogens is 2. The van der Waals surface area contributed by atoms with Gasteiger partial charge in [0.1, 0.15) is 0 Å². The first-order chi connectivity index (χ1) is 7.17. The number of H-pyrrole nitrogens is 1. The first kappa shape index (κ1) is 12.1. The van der Waals surface area contributed by atoms with Crippen molar-refractivity contribution in [3.8, 4) is 0 Å². The molecule has 0 spiro atoms. The molecule has 0 fully saturated rings. The number of hydrogen-bond donors (Lipinski definition) is 2. The van der Waals surface area contributed by atoms with Crippen LogP contribution in [0.1, 0.15) is 19.8 Å². The van der Waals surface area contributed by atoms with Crippen molar-refractivity contribution in [2.24, 2.45) is 5.92 Å². The van der Waals surface area contributed by atoms with Gasteiger partial charge < -0.3 is 0 Å². The smallest absolute Gasteiger partial charge is 0.265 e. The van der Waals surface area contributed by atoms with E-state index in [-0.39, 0.29) is 11.1 Å². The molecule has 15 heavy (non-hydrogen) atoms. The molecular weight excluding hydrogens is 212 g/mol. The second-order valence-corrected chi connectivity index (χ2v) is 3.96. The molecule has 1 aromatic rings. The van der Waals surface area contributed by atoms with E-state index >= 15 is 0 Å². The standard InChI is InChI=1S/C10H16N2O2S/c1-2-3-8(7-15)6-12-10(14)5-4-9(13)11-12/h4-5,8,15H,2-3,6-7H2,1H3,(H,11,13). The second kappa shape index (κ2) is 5.80. The van der Waals surface area contributed by atoms with Gasteiger partial charge in [0.05, 0.1) is 0 Å². The van der Waals surface area contributed by atoms with E-state index in [0.29, 0.717) is 12.5 Å². The molecule has 0 saturated heterocycles. The van der Waals surface area contributed by atoms with Gasteiger partial charge in [0.2, 0.25) is 0 Å². The number of nitrogens with zero attached hydrogens (tertiary/aromatic N) is 1. The lowest BCUT2D eigenvalue weighted by atomic mass is 10.1. The summed E-state index contributed by atoms with van der Waals surface area (Å²) < 4.78 is 1.36. The molecule has 0 aliphatic rings. The number of nitrogens with one attached hydrogen (secondary N) is 1. The van der Waals surface area contributed by atoms with Crippen LogP contribution in [-0.4, -0.2) is 15.5 Å². The molecule has 0 aliphatic carbocycles. The molecule has 1 heterocycles. The lowest BCUT2D eigenvalue weighted by molar-refractivity contribution is 0.411. The van der Waals surface area contributed by atoms with Crippen molar-refractivity contribution >= 4 is 12.6 Å². The summed E-state index contributed by atoms with van der Waals surface area (Å²) >= 11 is 4.23. The lowest BCUT2D eigenvalue weighted by Crippen LogP contribution is -2.31. The molecular formula is C10H16N2O2S. The van der Waals surface area contributed by atoms with E-state index in [4.69, 9.17) is 0 Å². The van der Waals surface area contributed by atoms with E-state index in [2.05, 4.69) is 24.7 Å². The van der Waals surface area contributed by atoms with Crippen molar-refractivity contribution in [3.05, 3.63) is 32.8 Å². The predicted octanol–water partition coefficient (Wildman–Crippen LogP) is 0.883. The Morgan fingerprint density at radius 3 is 2.80 bits per heavy atom. The highest BCUT2D eigenvalue weighted by Gasteiger charge is 2.07. The molecule has 0 aliphatic heterocycles. The average molecular weight is 228 g/mol. The molecule has 1 aromatic heterocycles. The Labute approximate surface area is 93.7 Å². The first-order valence-electron chi connectivity index (χ1n) is 5.08. The van der Waals surface area contributed by atoms with Crippen LogP contribution < -0.4 is 11.1 Å². The summed E-state index contributed by atoms with van der Waals surface area (Å²) in [7, 11) is 0. The zero-order chi connectivity index (χ0) is 11.3. The molecule has 4 nitrogen and oxygen atoms in total. The summed E-state index contributed by atoms with van der Waals surface area (Å²) in [6, 6.07) is 2.54. The minimum atomic E-state index is -0.246. The SMILES string of the molecule is CCCC(CS)Cn1[nH]c(=O)ccc1=O. The molecule has 5 heteroatoms. The van der Waals surface area contributed by atoms with Crippen molar-refractivity contribution < 1.29 is 0 Å². The van der Waals surface area contributed by atoms with Crippen LogP contribution in [0.25, 0.3) is 0 Å². The molecule has 0 bridgehead atoms. The van der Waals surface area contributed by atoms with Gasteiger partial charge in [0, 0.05) is 18.7 Å². The maximum absolute atomic E-state index is 11.4. The van der Waals surface area contributed by atoms with Crippen LogP contribution in [0.4, 0.5) is 0 Å². The number of rotatable bonds is 5. The highest BCUT2D eigenvalue weighted by molar-refractivity contribution is 7.80. The van der Waals surface area contributed by atoms with Gasteiger partial charge in [-0.3, -0.25) is 14.7 Å². The minimum Gasteiger partial charge on any atom is -0.268 e. The van der Waals surface area contributed by atoms with Crippen LogP contribution in [-0.2, 0) is 6.54 Å². The Kier molecular flexibility index (Phi) is 4.68. The van der Waals surface area contributed by atoms with Gasteiger partial charge in [-0.15, -0.1) is 0 Å². The Bertz CT molecular complexity index is 410. The number of aromatic amines is 1. The van der Waals surface area contributed by atoms with Crippen molar-refractivity contribution in [3.63, 3.8) is 0 Å². The van der Waals surface area contributed by atoms with Crippen LogP contribution >= 0.6 is 12.6 Å². The van der Waals surface area contributed by atoms with Gasteiger partial charge in [-0.2, -0.15) is 12.6 Å². The van der Waals surface area contributed by atoms with Gasteiger partial charge >= 0.3 is 0 Å². The number of hydrogen-bond acceptors (Lipinski definition) is 3. The van der Waals surface area contributed by atoms with E-state index in [1.54, 1.807) is 0 Å². The fraction of sp³-hybridized carbons (Fsp3) is 0.600. The Hall–Kier alpha value is -0.970. The topological polar surface area (TPSA) is 54.9 Å². The molecule has 1 unspecified atom stereocenters. The quantitative estimate of drug-likeness (QED) is 0.735. The summed E-state index contributed by atoms with van der Waals surface area (Å²) in [6.45, 7) is 2.62. The molecule has 1 atom stereocenters. The molecule has 0 aromatic carbocycles. The molecule has 0 amide bonds. The highest BCUT2D eigenvalue weighted by atomic mass is 32.1. The van der Waals surface area contributed by atoms with E-state index in [1.807, 2.05) is 0 Å². The molecule has 0 saturated carbocycles. The van der Waals surface area contributed by atoms with E-state index in [0.717, 1.165) is 18.6 Å². The average Bonchev–Trinajstić information content (AvgIpc) is 2.22. The monoisotopic (exact) mass is 228 g/mol. The van der Waals surface area contributed by atoms with Crippen LogP contribution in [0, 0.1) is 5.92 Å². The summed E-state index contributed by atoms with van der Waals surface area (Å²) in [5, 5.41) is 2.51. The molecule has 84 valence electrons. The van der Waals surface area contributed by atoms with Crippen LogP contribution in [0.5, 0.6) is 0 Å². The van der Waals surface area contributed by atoms with Crippen molar-refractivity contribution in [1.29, 1.82) is 0 Å². The molecule has 0 radical (unpaired) electrons. The Morgan fingerprint density at radius 1 is 1.47 bits per heavy atom. The lowest BCUT2D eigenvalue weighted by Gasteiger charge is -2.14. The van der Waals surface area contributed by atoms with Gasteiger partial charge in [-0.25, -0.2) is 4.68 Å². The van der Waals surface area contributed by atoms with E-state index < -0.39 is 0 Å². The van der Waals surface area contributed by atoms with Gasteiger partial charge in [-0.1, -0.05) is 13.3 Å². The van der Waals surface area contributed by atoms with Gasteiger partial charge in [0.25, 0.3) is 11.1 Å². The molecule has 1 rings (SSSR count). The summed E-state index contributed by atoms with van der Waals surface area (Å²) in [5.74, 6) is 1.05. The maximum Gasteiger partial charge on any atom is 0.265 e. The van der Waals surface area contributed by atoms with E-state index in [1.165, 1.54) is 16.8 Å². The predicted molar refractivity (Wildman–Crippen MR) is 63.6 cm³/mol. The van der Waals surface area contributed by atoms with Crippen LogP contribution in [0.3, 0.4) is 0 Å². The first-order valence-corrected chi connectivity index (χ1v) is 5.71.